The molecule has 2 rings (SSSR count). The largest absolute Gasteiger partial charge is 0.451 e. The van der Waals surface area contributed by atoms with Crippen LogP contribution in [0.2, 0.25) is 0 Å². The van der Waals surface area contributed by atoms with Crippen LogP contribution in [0, 0.1) is 12.3 Å². The Morgan fingerprint density at radius 1 is 0.917 bits per heavy atom. The van der Waals surface area contributed by atoms with Crippen LogP contribution in [-0.4, -0.2) is 48.5 Å². The number of hydrogen-bond acceptors (Lipinski definition) is 6. The van der Waals surface area contributed by atoms with Crippen LogP contribution < -0.4 is 10.6 Å². The van der Waals surface area contributed by atoms with Gasteiger partial charge < -0.3 is 20.1 Å². The fourth-order valence-corrected chi connectivity index (χ4v) is 3.21. The number of carbonyl (C=O) groups is 4. The predicted octanol–water partition coefficient (Wildman–Crippen LogP) is 3.89. The maximum absolute atomic E-state index is 12.8. The van der Waals surface area contributed by atoms with E-state index >= 15 is 0 Å². The van der Waals surface area contributed by atoms with Crippen LogP contribution in [0.4, 0.5) is 4.79 Å². The number of rotatable bonds is 11. The summed E-state index contributed by atoms with van der Waals surface area (Å²) in [6, 6.07) is 14.1. The highest BCUT2D eigenvalue weighted by Gasteiger charge is 2.23. The van der Waals surface area contributed by atoms with Gasteiger partial charge in [0.05, 0.1) is 0 Å². The van der Waals surface area contributed by atoms with Gasteiger partial charge in [-0.15, -0.1) is 6.42 Å². The SMILES string of the molecule is C#CCOC(=O)[C@H](CCCCNC(=O)OC(C)(C)C)NC(=O)c1ccc(C(=O)c2ccccc2)cc1. The molecule has 0 fully saturated rings. The second-order valence-electron chi connectivity index (χ2n) is 9.03. The molecule has 0 bridgehead atoms. The van der Waals surface area contributed by atoms with E-state index in [9.17, 15) is 19.2 Å². The number of alkyl carbamates (subject to hydrolysis) is 1. The van der Waals surface area contributed by atoms with Crippen molar-refractivity contribution in [2.45, 2.75) is 51.7 Å². The van der Waals surface area contributed by atoms with Gasteiger partial charge in [-0.3, -0.25) is 9.59 Å². The first-order valence-corrected chi connectivity index (χ1v) is 11.7. The van der Waals surface area contributed by atoms with Gasteiger partial charge >= 0.3 is 12.1 Å². The molecule has 0 aromatic heterocycles. The van der Waals surface area contributed by atoms with E-state index in [1.165, 1.54) is 12.1 Å². The van der Waals surface area contributed by atoms with E-state index in [2.05, 4.69) is 16.6 Å². The standard InChI is InChI=1S/C28H32N2O6/c1-5-19-35-26(33)23(13-9-10-18-29-27(34)36-28(2,3)4)30-25(32)22-16-14-21(15-17-22)24(31)20-11-7-6-8-12-20/h1,6-8,11-12,14-17,23H,9-10,13,18-19H2,2-4H3,(H,29,34)(H,30,32)/t23-/m0/s1. The molecule has 0 unspecified atom stereocenters. The predicted molar refractivity (Wildman–Crippen MR) is 135 cm³/mol. The quantitative estimate of drug-likeness (QED) is 0.213. The van der Waals surface area contributed by atoms with Crippen molar-refractivity contribution in [2.75, 3.05) is 13.2 Å². The van der Waals surface area contributed by atoms with Crippen molar-refractivity contribution in [3.63, 3.8) is 0 Å². The van der Waals surface area contributed by atoms with Gasteiger partial charge in [0.1, 0.15) is 11.6 Å². The van der Waals surface area contributed by atoms with Crippen LogP contribution >= 0.6 is 0 Å². The number of terminal acetylenes is 1. The smallest absolute Gasteiger partial charge is 0.407 e. The first kappa shape index (κ1) is 28.1. The molecular weight excluding hydrogens is 460 g/mol. The molecule has 0 saturated carbocycles. The van der Waals surface area contributed by atoms with E-state index in [0.717, 1.165) is 0 Å². The maximum Gasteiger partial charge on any atom is 0.407 e. The van der Waals surface area contributed by atoms with Gasteiger partial charge in [-0.25, -0.2) is 9.59 Å². The number of benzene rings is 2. The minimum Gasteiger partial charge on any atom is -0.451 e. The van der Waals surface area contributed by atoms with Crippen LogP contribution in [0.15, 0.2) is 54.6 Å². The molecule has 0 saturated heterocycles. The number of carbonyl (C=O) groups excluding carboxylic acids is 4. The first-order valence-electron chi connectivity index (χ1n) is 11.7. The summed E-state index contributed by atoms with van der Waals surface area (Å²) in [6.07, 6.45) is 6.02. The van der Waals surface area contributed by atoms with Gasteiger partial charge in [-0.2, -0.15) is 0 Å². The highest BCUT2D eigenvalue weighted by atomic mass is 16.6. The Bertz CT molecular complexity index is 1080. The lowest BCUT2D eigenvalue weighted by Crippen LogP contribution is -2.42. The zero-order chi connectivity index (χ0) is 26.6. The van der Waals surface area contributed by atoms with Crippen molar-refractivity contribution in [3.8, 4) is 12.3 Å². The van der Waals surface area contributed by atoms with Crippen molar-refractivity contribution in [1.82, 2.24) is 10.6 Å². The lowest BCUT2D eigenvalue weighted by atomic mass is 10.0. The molecule has 0 aliphatic carbocycles. The van der Waals surface area contributed by atoms with E-state index < -0.39 is 29.6 Å². The zero-order valence-electron chi connectivity index (χ0n) is 20.8. The number of esters is 1. The minimum absolute atomic E-state index is 0.154. The monoisotopic (exact) mass is 492 g/mol. The Morgan fingerprint density at radius 3 is 2.14 bits per heavy atom. The highest BCUT2D eigenvalue weighted by Crippen LogP contribution is 2.12. The average Bonchev–Trinajstić information content (AvgIpc) is 2.85. The summed E-state index contributed by atoms with van der Waals surface area (Å²) in [6.45, 7) is 5.47. The summed E-state index contributed by atoms with van der Waals surface area (Å²) in [7, 11) is 0. The Labute approximate surface area is 211 Å². The first-order chi connectivity index (χ1) is 17.1. The number of hydrogen-bond donors (Lipinski definition) is 2. The molecule has 2 aromatic rings. The number of ketones is 1. The summed E-state index contributed by atoms with van der Waals surface area (Å²) in [5.41, 5.74) is 0.696. The third-order valence-corrected chi connectivity index (χ3v) is 4.92. The molecule has 8 heteroatoms. The fraction of sp³-hybridized carbons (Fsp3) is 0.357. The van der Waals surface area contributed by atoms with Crippen LogP contribution in [0.3, 0.4) is 0 Å². The van der Waals surface area contributed by atoms with E-state index in [0.29, 0.717) is 36.1 Å². The lowest BCUT2D eigenvalue weighted by Gasteiger charge is -2.20. The van der Waals surface area contributed by atoms with Gasteiger partial charge in [0, 0.05) is 23.2 Å². The Morgan fingerprint density at radius 2 is 1.53 bits per heavy atom. The minimum atomic E-state index is -0.919. The van der Waals surface area contributed by atoms with Gasteiger partial charge in [-0.05, 0) is 52.2 Å². The van der Waals surface area contributed by atoms with Crippen LogP contribution in [0.25, 0.3) is 0 Å². The summed E-state index contributed by atoms with van der Waals surface area (Å²) in [5, 5.41) is 5.32. The molecule has 0 radical (unpaired) electrons. The molecule has 2 N–H and O–H groups in total. The summed E-state index contributed by atoms with van der Waals surface area (Å²) < 4.78 is 10.2. The van der Waals surface area contributed by atoms with Gasteiger partial charge in [0.2, 0.25) is 0 Å². The van der Waals surface area contributed by atoms with Crippen molar-refractivity contribution in [2.24, 2.45) is 0 Å². The second-order valence-corrected chi connectivity index (χ2v) is 9.03. The van der Waals surface area contributed by atoms with Gasteiger partial charge in [0.25, 0.3) is 5.91 Å². The van der Waals surface area contributed by atoms with Crippen molar-refractivity contribution in [1.29, 1.82) is 0 Å². The molecular formula is C28H32N2O6. The topological polar surface area (TPSA) is 111 Å². The van der Waals surface area contributed by atoms with E-state index in [4.69, 9.17) is 15.9 Å². The maximum atomic E-state index is 12.8. The molecule has 0 aliphatic heterocycles. The molecule has 2 amide bonds. The molecule has 0 aliphatic rings. The van der Waals surface area contributed by atoms with Crippen molar-refractivity contribution >= 4 is 23.8 Å². The average molecular weight is 493 g/mol. The Kier molecular flexibility index (Phi) is 10.7. The molecule has 8 nitrogen and oxygen atoms in total. The zero-order valence-corrected chi connectivity index (χ0v) is 20.8. The van der Waals surface area contributed by atoms with E-state index in [1.54, 1.807) is 57.2 Å². The molecule has 1 atom stereocenters. The normalized spacial score (nSPS) is 11.5. The lowest BCUT2D eigenvalue weighted by molar-refractivity contribution is -0.144. The molecule has 2 aromatic carbocycles. The van der Waals surface area contributed by atoms with Gasteiger partial charge in [0.15, 0.2) is 12.4 Å². The molecule has 0 heterocycles. The molecule has 190 valence electrons. The molecule has 36 heavy (non-hydrogen) atoms. The van der Waals surface area contributed by atoms with Gasteiger partial charge in [-0.1, -0.05) is 48.4 Å². The van der Waals surface area contributed by atoms with E-state index in [1.807, 2.05) is 6.07 Å². The third-order valence-electron chi connectivity index (χ3n) is 4.92. The van der Waals surface area contributed by atoms with Crippen molar-refractivity contribution < 1.29 is 28.7 Å². The van der Waals surface area contributed by atoms with Crippen LogP contribution in [0.5, 0.6) is 0 Å². The second kappa shape index (κ2) is 13.7. The van der Waals surface area contributed by atoms with Crippen molar-refractivity contribution in [3.05, 3.63) is 71.3 Å². The highest BCUT2D eigenvalue weighted by molar-refractivity contribution is 6.09. The summed E-state index contributed by atoms with van der Waals surface area (Å²) in [4.78, 5) is 49.5. The molecule has 0 spiro atoms. The van der Waals surface area contributed by atoms with Crippen LogP contribution in [-0.2, 0) is 14.3 Å². The number of nitrogens with one attached hydrogen (secondary N) is 2. The summed E-state index contributed by atoms with van der Waals surface area (Å²) in [5.74, 6) is 0.948. The Hall–Kier alpha value is -4.12. The number of unbranched alkanes of at least 4 members (excludes halogenated alkanes) is 1. The third kappa shape index (κ3) is 9.63. The number of amides is 2. The summed E-state index contributed by atoms with van der Waals surface area (Å²) >= 11 is 0. The fourth-order valence-electron chi connectivity index (χ4n) is 3.21. The number of ether oxygens (including phenoxy) is 2. The van der Waals surface area contributed by atoms with Crippen LogP contribution in [0.1, 0.15) is 66.3 Å². The van der Waals surface area contributed by atoms with E-state index in [-0.39, 0.29) is 18.8 Å². The Balaban J connectivity index is 1.94.